The van der Waals surface area contributed by atoms with E-state index < -0.39 is 0 Å². The molecule has 0 radical (unpaired) electrons. The van der Waals surface area contributed by atoms with Gasteiger partial charge in [-0.05, 0) is 12.1 Å². The van der Waals surface area contributed by atoms with Crippen LogP contribution in [0.3, 0.4) is 0 Å². The van der Waals surface area contributed by atoms with Gasteiger partial charge in [0.25, 0.3) is 0 Å². The van der Waals surface area contributed by atoms with Crippen LogP contribution in [0, 0.1) is 0 Å². The second-order valence-electron chi connectivity index (χ2n) is 1.98. The number of rotatable bonds is 1. The van der Waals surface area contributed by atoms with Crippen LogP contribution in [-0.4, -0.2) is 18.2 Å². The summed E-state index contributed by atoms with van der Waals surface area (Å²) in [5.41, 5.74) is 0. The molecular weight excluding hydrogens is 236 g/mol. The van der Waals surface area contributed by atoms with E-state index in [0.717, 1.165) is 5.02 Å². The molecule has 0 saturated carbocycles. The average molecular weight is 246 g/mol. The van der Waals surface area contributed by atoms with Gasteiger partial charge in [0.1, 0.15) is 0 Å². The Balaban J connectivity index is 0.000000218. The highest BCUT2D eigenvalue weighted by Gasteiger charge is 1.75. The van der Waals surface area contributed by atoms with Crippen LogP contribution in [-0.2, 0) is 0 Å². The van der Waals surface area contributed by atoms with Gasteiger partial charge in [0.05, 0.1) is 0 Å². The fraction of sp³-hybridized carbons (Fsp3) is 0.250. The van der Waals surface area contributed by atoms with Crippen molar-refractivity contribution in [1.29, 1.82) is 0 Å². The van der Waals surface area contributed by atoms with E-state index in [2.05, 4.69) is 19.8 Å². The van der Waals surface area contributed by atoms with Gasteiger partial charge >= 0.3 is 18.2 Å². The molecule has 0 unspecified atom stereocenters. The first-order valence-corrected chi connectivity index (χ1v) is 8.85. The molecule has 11 heavy (non-hydrogen) atoms. The van der Waals surface area contributed by atoms with Gasteiger partial charge in [-0.3, -0.25) is 0 Å². The Morgan fingerprint density at radius 3 is 2.00 bits per heavy atom. The van der Waals surface area contributed by atoms with E-state index in [4.69, 9.17) is 11.6 Å². The number of benzene rings is 1. The third kappa shape index (κ3) is 8.66. The maximum atomic E-state index is 5.54. The van der Waals surface area contributed by atoms with Crippen LogP contribution in [0.1, 0.15) is 6.92 Å². The van der Waals surface area contributed by atoms with Crippen molar-refractivity contribution < 1.29 is 0 Å². The van der Waals surface area contributed by atoms with Gasteiger partial charge in [0.15, 0.2) is 0 Å². The smallest absolute Gasteiger partial charge is 0.307 e. The molecule has 0 N–H and O–H groups in total. The van der Waals surface area contributed by atoms with E-state index >= 15 is 0 Å². The fourth-order valence-corrected chi connectivity index (χ4v) is 0.560. The number of hydrogen-bond donors (Lipinski definition) is 0. The van der Waals surface area contributed by atoms with Crippen molar-refractivity contribution in [1.82, 2.24) is 0 Å². The molecule has 0 aliphatic rings. The molecule has 1 rings (SSSR count). The molecule has 0 spiro atoms. The van der Waals surface area contributed by atoms with Gasteiger partial charge in [-0.25, -0.2) is 0 Å². The van der Waals surface area contributed by atoms with Gasteiger partial charge in [0, 0.05) is 5.02 Å². The van der Waals surface area contributed by atoms with E-state index in [9.17, 15) is 0 Å². The van der Waals surface area contributed by atoms with Crippen LogP contribution in [0.2, 0.25) is 9.57 Å². The Hall–Kier alpha value is 0.756. The Kier molecular flexibility index (Phi) is 9.46. The predicted octanol–water partition coefficient (Wildman–Crippen LogP) is 3.78. The van der Waals surface area contributed by atoms with Crippen LogP contribution in [0.5, 0.6) is 0 Å². The Labute approximate surface area is 88.9 Å². The minimum atomic E-state index is 0.237. The van der Waals surface area contributed by atoms with Crippen molar-refractivity contribution in [2.75, 3.05) is 0 Å². The molecule has 0 nitrogen and oxygen atoms in total. The number of halogens is 2. The molecule has 3 heteroatoms. The molecule has 0 bridgehead atoms. The van der Waals surface area contributed by atoms with Crippen molar-refractivity contribution in [2.24, 2.45) is 0 Å². The Morgan fingerprint density at radius 1 is 1.36 bits per heavy atom. The summed E-state index contributed by atoms with van der Waals surface area (Å²) in [4.78, 5) is 0. The van der Waals surface area contributed by atoms with Crippen molar-refractivity contribution in [3.05, 3.63) is 35.4 Å². The average Bonchev–Trinajstić information content (AvgIpc) is 2.07. The van der Waals surface area contributed by atoms with Crippen LogP contribution in [0.15, 0.2) is 30.3 Å². The van der Waals surface area contributed by atoms with Gasteiger partial charge in [-0.2, -0.15) is 0 Å². The highest BCUT2D eigenvalue weighted by molar-refractivity contribution is 9.23. The third-order valence-electron chi connectivity index (χ3n) is 0.922. The molecule has 1 aromatic carbocycles. The molecule has 0 aliphatic carbocycles. The van der Waals surface area contributed by atoms with Crippen molar-refractivity contribution >= 4 is 42.7 Å². The molecule has 0 fully saturated rings. The molecular formula is C8H10BrClMg. The lowest BCUT2D eigenvalue weighted by Crippen LogP contribution is -1.60. The van der Waals surface area contributed by atoms with Crippen LogP contribution >= 0.6 is 24.5 Å². The lowest BCUT2D eigenvalue weighted by atomic mass is 10.4. The zero-order chi connectivity index (χ0) is 8.53. The fourth-order valence-electron chi connectivity index (χ4n) is 0.415. The van der Waals surface area contributed by atoms with Crippen LogP contribution < -0.4 is 0 Å². The molecule has 0 saturated heterocycles. The van der Waals surface area contributed by atoms with Gasteiger partial charge in [-0.1, -0.05) is 36.7 Å². The highest BCUT2D eigenvalue weighted by atomic mass is 79.9. The maximum Gasteiger partial charge on any atom is 0.468 e. The summed E-state index contributed by atoms with van der Waals surface area (Å²) < 4.78 is 1.38. The van der Waals surface area contributed by atoms with Crippen LogP contribution in [0.4, 0.5) is 0 Å². The predicted molar refractivity (Wildman–Crippen MR) is 56.6 cm³/mol. The van der Waals surface area contributed by atoms with E-state index in [1.165, 1.54) is 4.55 Å². The second-order valence-corrected chi connectivity index (χ2v) is 6.18. The zero-order valence-corrected chi connectivity index (χ0v) is 10.3. The Bertz CT molecular complexity index is 165. The monoisotopic (exact) mass is 244 g/mol. The van der Waals surface area contributed by atoms with Crippen molar-refractivity contribution in [3.8, 4) is 0 Å². The van der Waals surface area contributed by atoms with E-state index in [-0.39, 0.29) is 18.2 Å². The topological polar surface area (TPSA) is 0 Å². The molecule has 1 aromatic rings. The largest absolute Gasteiger partial charge is 0.468 e. The molecule has 0 aromatic heterocycles. The van der Waals surface area contributed by atoms with Gasteiger partial charge in [-0.15, -0.1) is 4.55 Å². The van der Waals surface area contributed by atoms with Crippen LogP contribution in [0.25, 0.3) is 0 Å². The first-order valence-electron chi connectivity index (χ1n) is 3.57. The summed E-state index contributed by atoms with van der Waals surface area (Å²) in [6, 6.07) is 9.44. The molecule has 0 heterocycles. The SMILES string of the molecule is C[CH2][Mg][Br].Clc1ccccc1. The first kappa shape index (κ1) is 11.8. The summed E-state index contributed by atoms with van der Waals surface area (Å²) in [6.45, 7) is 2.20. The summed E-state index contributed by atoms with van der Waals surface area (Å²) in [7, 11) is 0. The lowest BCUT2D eigenvalue weighted by Gasteiger charge is -1.80. The summed E-state index contributed by atoms with van der Waals surface area (Å²) >= 11 is 9.16. The van der Waals surface area contributed by atoms with Gasteiger partial charge in [0.2, 0.25) is 0 Å². The second kappa shape index (κ2) is 8.85. The van der Waals surface area contributed by atoms with E-state index in [1.54, 1.807) is 0 Å². The number of hydrogen-bond acceptors (Lipinski definition) is 0. The van der Waals surface area contributed by atoms with E-state index in [1.807, 2.05) is 30.3 Å². The maximum absolute atomic E-state index is 5.54. The Morgan fingerprint density at radius 2 is 1.82 bits per heavy atom. The zero-order valence-electron chi connectivity index (χ0n) is 6.56. The molecule has 58 valence electrons. The van der Waals surface area contributed by atoms with E-state index in [0.29, 0.717) is 0 Å². The summed E-state index contributed by atoms with van der Waals surface area (Å²) in [5.74, 6) is 0. The minimum Gasteiger partial charge on any atom is -0.307 e. The molecule has 0 amide bonds. The van der Waals surface area contributed by atoms with Crippen molar-refractivity contribution in [2.45, 2.75) is 11.5 Å². The normalized spacial score (nSPS) is 7.55. The van der Waals surface area contributed by atoms with Crippen molar-refractivity contribution in [3.63, 3.8) is 0 Å². The summed E-state index contributed by atoms with van der Waals surface area (Å²) in [5, 5.41) is 0.794. The lowest BCUT2D eigenvalue weighted by molar-refractivity contribution is 1.48. The summed E-state index contributed by atoms with van der Waals surface area (Å²) in [6.07, 6.45) is 0. The first-order chi connectivity index (χ1) is 5.31. The molecule has 0 atom stereocenters. The quantitative estimate of drug-likeness (QED) is 0.661. The van der Waals surface area contributed by atoms with Gasteiger partial charge < -0.3 is 12.9 Å². The molecule has 0 aliphatic heterocycles. The minimum absolute atomic E-state index is 0.237. The third-order valence-corrected chi connectivity index (χ3v) is 3.93. The highest BCUT2D eigenvalue weighted by Crippen LogP contribution is 2.03. The standard InChI is InChI=1S/C6H5Cl.C2H5.BrH.Mg/c7-6-4-2-1-3-5-6;1-2;;/h1-5H;1H2,2H3;1H;/q;;;+1/p-1.